The molecule has 0 saturated carbocycles. The maximum atomic E-state index is 6.16. The van der Waals surface area contributed by atoms with Gasteiger partial charge in [0, 0.05) is 0 Å². The minimum absolute atomic E-state index is 0.156. The lowest BCUT2D eigenvalue weighted by Gasteiger charge is -2.31. The van der Waals surface area contributed by atoms with E-state index in [1.165, 1.54) is 16.7 Å². The van der Waals surface area contributed by atoms with Crippen LogP contribution in [0, 0.1) is 0 Å². The minimum atomic E-state index is -0.156. The third-order valence-corrected chi connectivity index (χ3v) is 4.14. The van der Waals surface area contributed by atoms with E-state index >= 15 is 0 Å². The second-order valence-electron chi connectivity index (χ2n) is 6.57. The van der Waals surface area contributed by atoms with Crippen molar-refractivity contribution in [2.45, 2.75) is 38.4 Å². The molecule has 0 saturated heterocycles. The highest BCUT2D eigenvalue weighted by Crippen LogP contribution is 2.28. The van der Waals surface area contributed by atoms with E-state index in [1.54, 1.807) is 0 Å². The Balaban J connectivity index is 1.86. The lowest BCUT2D eigenvalue weighted by Crippen LogP contribution is -2.31. The van der Waals surface area contributed by atoms with E-state index in [2.05, 4.69) is 92.7 Å². The maximum Gasteiger partial charge on any atom is 0.0810 e. The third kappa shape index (κ3) is 4.20. The number of rotatable bonds is 4. The largest absolute Gasteiger partial charge is 0.368 e. The van der Waals surface area contributed by atoms with Gasteiger partial charge in [-0.1, -0.05) is 78.9 Å². The first-order valence-corrected chi connectivity index (χ1v) is 8.30. The highest BCUT2D eigenvalue weighted by molar-refractivity contribution is 5.79. The molecule has 23 heavy (non-hydrogen) atoms. The first-order valence-electron chi connectivity index (χ1n) is 8.30. The predicted octanol–water partition coefficient (Wildman–Crippen LogP) is 5.63. The van der Waals surface area contributed by atoms with Crippen molar-refractivity contribution in [3.63, 3.8) is 0 Å². The van der Waals surface area contributed by atoms with Crippen molar-refractivity contribution in [3.05, 3.63) is 90.0 Å². The fourth-order valence-electron chi connectivity index (χ4n) is 3.05. The molecular weight excluding hydrogens is 280 g/mol. The molecule has 1 atom stereocenters. The van der Waals surface area contributed by atoms with Gasteiger partial charge in [-0.15, -0.1) is 0 Å². The molecule has 1 heterocycles. The van der Waals surface area contributed by atoms with Crippen molar-refractivity contribution in [3.8, 4) is 0 Å². The molecule has 0 amide bonds. The first-order chi connectivity index (χ1) is 11.1. The molecule has 2 aromatic rings. The molecule has 0 radical (unpaired) electrons. The zero-order chi connectivity index (χ0) is 16.1. The van der Waals surface area contributed by atoms with Crippen LogP contribution in [-0.4, -0.2) is 11.7 Å². The molecule has 2 aromatic carbocycles. The van der Waals surface area contributed by atoms with Gasteiger partial charge in [0.05, 0.1) is 11.7 Å². The first kappa shape index (κ1) is 15.8. The fourth-order valence-corrected chi connectivity index (χ4v) is 3.05. The smallest absolute Gasteiger partial charge is 0.0810 e. The van der Waals surface area contributed by atoms with Gasteiger partial charge in [-0.2, -0.15) is 0 Å². The number of hydrogen-bond acceptors (Lipinski definition) is 1. The van der Waals surface area contributed by atoms with Gasteiger partial charge in [-0.3, -0.25) is 0 Å². The molecular formula is C22H24O. The highest BCUT2D eigenvalue weighted by Gasteiger charge is 2.23. The van der Waals surface area contributed by atoms with Crippen molar-refractivity contribution in [2.24, 2.45) is 0 Å². The average Bonchev–Trinajstić information content (AvgIpc) is 2.56. The second-order valence-corrected chi connectivity index (χ2v) is 6.57. The molecule has 0 spiro atoms. The molecule has 0 aromatic heterocycles. The highest BCUT2D eigenvalue weighted by atomic mass is 16.5. The van der Waals surface area contributed by atoms with Crippen LogP contribution < -0.4 is 0 Å². The summed E-state index contributed by atoms with van der Waals surface area (Å²) in [7, 11) is 0. The quantitative estimate of drug-likeness (QED) is 0.665. The summed E-state index contributed by atoms with van der Waals surface area (Å²) in [5.41, 5.74) is 3.63. The monoisotopic (exact) mass is 304 g/mol. The van der Waals surface area contributed by atoms with Gasteiger partial charge in [0.15, 0.2) is 0 Å². The zero-order valence-corrected chi connectivity index (χ0v) is 13.9. The summed E-state index contributed by atoms with van der Waals surface area (Å²) < 4.78 is 6.16. The molecule has 3 rings (SSSR count). The van der Waals surface area contributed by atoms with Gasteiger partial charge in [0.1, 0.15) is 0 Å². The second kappa shape index (κ2) is 6.97. The van der Waals surface area contributed by atoms with E-state index in [4.69, 9.17) is 4.74 Å². The summed E-state index contributed by atoms with van der Waals surface area (Å²) in [6.07, 6.45) is 8.88. The van der Waals surface area contributed by atoms with Gasteiger partial charge >= 0.3 is 0 Å². The van der Waals surface area contributed by atoms with Crippen LogP contribution in [0.1, 0.15) is 37.8 Å². The SMILES string of the molecule is CC1(C)C=CC[C@@H](CC=C(c2ccccc2)c2ccccc2)O1. The van der Waals surface area contributed by atoms with Crippen LogP contribution in [-0.2, 0) is 4.74 Å². The molecule has 0 unspecified atom stereocenters. The maximum absolute atomic E-state index is 6.16. The Kier molecular flexibility index (Phi) is 4.78. The summed E-state index contributed by atoms with van der Waals surface area (Å²) in [6, 6.07) is 21.2. The van der Waals surface area contributed by atoms with Crippen LogP contribution in [0.5, 0.6) is 0 Å². The molecule has 0 aliphatic carbocycles. The Morgan fingerprint density at radius 1 is 1.00 bits per heavy atom. The summed E-state index contributed by atoms with van der Waals surface area (Å²) >= 11 is 0. The molecule has 1 aliphatic rings. The Labute approximate surface area is 139 Å². The summed E-state index contributed by atoms with van der Waals surface area (Å²) in [5, 5.41) is 0. The van der Waals surface area contributed by atoms with Gasteiger partial charge in [-0.25, -0.2) is 0 Å². The van der Waals surface area contributed by atoms with Crippen LogP contribution >= 0.6 is 0 Å². The molecule has 1 nitrogen and oxygen atoms in total. The van der Waals surface area contributed by atoms with E-state index in [0.717, 1.165) is 12.8 Å². The van der Waals surface area contributed by atoms with Crippen molar-refractivity contribution >= 4 is 5.57 Å². The average molecular weight is 304 g/mol. The van der Waals surface area contributed by atoms with E-state index < -0.39 is 0 Å². The number of ether oxygens (including phenoxy) is 1. The van der Waals surface area contributed by atoms with Crippen molar-refractivity contribution in [1.29, 1.82) is 0 Å². The fraction of sp³-hybridized carbons (Fsp3) is 0.273. The molecule has 0 bridgehead atoms. The summed E-state index contributed by atoms with van der Waals surface area (Å²) in [5.74, 6) is 0. The molecule has 1 heteroatoms. The van der Waals surface area contributed by atoms with E-state index in [9.17, 15) is 0 Å². The lowest BCUT2D eigenvalue weighted by molar-refractivity contribution is -0.0462. The Morgan fingerprint density at radius 3 is 2.09 bits per heavy atom. The van der Waals surface area contributed by atoms with E-state index in [-0.39, 0.29) is 11.7 Å². The van der Waals surface area contributed by atoms with Gasteiger partial charge in [0.25, 0.3) is 0 Å². The molecule has 118 valence electrons. The van der Waals surface area contributed by atoms with Gasteiger partial charge < -0.3 is 4.74 Å². The van der Waals surface area contributed by atoms with Crippen molar-refractivity contribution in [2.75, 3.05) is 0 Å². The summed E-state index contributed by atoms with van der Waals surface area (Å²) in [6.45, 7) is 4.24. The number of benzene rings is 2. The minimum Gasteiger partial charge on any atom is -0.368 e. The lowest BCUT2D eigenvalue weighted by atomic mass is 9.95. The molecule has 1 aliphatic heterocycles. The third-order valence-electron chi connectivity index (χ3n) is 4.14. The Morgan fingerprint density at radius 2 is 1.57 bits per heavy atom. The van der Waals surface area contributed by atoms with Gasteiger partial charge in [-0.05, 0) is 43.4 Å². The van der Waals surface area contributed by atoms with Crippen LogP contribution in [0.25, 0.3) is 5.57 Å². The van der Waals surface area contributed by atoms with Crippen LogP contribution in [0.2, 0.25) is 0 Å². The van der Waals surface area contributed by atoms with E-state index in [0.29, 0.717) is 0 Å². The zero-order valence-electron chi connectivity index (χ0n) is 13.9. The number of hydrogen-bond donors (Lipinski definition) is 0. The van der Waals surface area contributed by atoms with Crippen molar-refractivity contribution < 1.29 is 4.74 Å². The normalized spacial score (nSPS) is 19.3. The van der Waals surface area contributed by atoms with Crippen LogP contribution in [0.4, 0.5) is 0 Å². The van der Waals surface area contributed by atoms with Crippen LogP contribution in [0.15, 0.2) is 78.9 Å². The summed E-state index contributed by atoms with van der Waals surface area (Å²) in [4.78, 5) is 0. The standard InChI is InChI=1S/C22H24O/c1-22(2)17-9-14-20(23-22)15-16-21(18-10-5-3-6-11-18)19-12-7-4-8-13-19/h3-13,16-17,20H,14-15H2,1-2H3/t20-/m0/s1. The van der Waals surface area contributed by atoms with Crippen molar-refractivity contribution in [1.82, 2.24) is 0 Å². The van der Waals surface area contributed by atoms with Gasteiger partial charge in [0.2, 0.25) is 0 Å². The van der Waals surface area contributed by atoms with Crippen LogP contribution in [0.3, 0.4) is 0 Å². The van der Waals surface area contributed by atoms with E-state index in [1.807, 2.05) is 0 Å². The predicted molar refractivity (Wildman–Crippen MR) is 97.3 cm³/mol. The Bertz CT molecular complexity index is 639. The Hall–Kier alpha value is -2.12. The molecule has 0 N–H and O–H groups in total. The molecule has 0 fully saturated rings. The topological polar surface area (TPSA) is 9.23 Å².